The fourth-order valence-corrected chi connectivity index (χ4v) is 4.21. The summed E-state index contributed by atoms with van der Waals surface area (Å²) in [5.41, 5.74) is 1.26. The van der Waals surface area contributed by atoms with Crippen LogP contribution in [0.2, 0.25) is 0 Å². The van der Waals surface area contributed by atoms with Gasteiger partial charge in [0.05, 0.1) is 11.3 Å². The lowest BCUT2D eigenvalue weighted by Crippen LogP contribution is -2.12. The molecule has 0 saturated carbocycles. The summed E-state index contributed by atoms with van der Waals surface area (Å²) in [4.78, 5) is 10.8. The third-order valence-electron chi connectivity index (χ3n) is 2.52. The van der Waals surface area contributed by atoms with Gasteiger partial charge in [-0.2, -0.15) is 0 Å². The molecule has 106 valence electrons. The summed E-state index contributed by atoms with van der Waals surface area (Å²) in [5, 5.41) is 10.1. The molecule has 0 amide bonds. The molecule has 0 radical (unpaired) electrons. The number of aryl methyl sites for hydroxylation is 1. The molecule has 0 spiro atoms. The summed E-state index contributed by atoms with van der Waals surface area (Å²) in [6.45, 7) is 1.84. The average molecular weight is 376 g/mol. The summed E-state index contributed by atoms with van der Waals surface area (Å²) in [6, 6.07) is 6.34. The number of nitrogens with one attached hydrogen (secondary N) is 1. The first-order chi connectivity index (χ1) is 9.31. The number of sulfonamides is 1. The molecule has 0 saturated heterocycles. The Hall–Kier alpha value is -1.38. The zero-order valence-electron chi connectivity index (χ0n) is 10.3. The Morgan fingerprint density at radius 2 is 2.10 bits per heavy atom. The lowest BCUT2D eigenvalue weighted by molar-refractivity contribution is 0.0697. The van der Waals surface area contributed by atoms with Gasteiger partial charge in [-0.25, -0.2) is 13.2 Å². The number of thiophene rings is 1. The minimum absolute atomic E-state index is 0.0386. The molecular formula is C12H10BrNO4S2. The van der Waals surface area contributed by atoms with Crippen LogP contribution in [0.5, 0.6) is 0 Å². The third kappa shape index (κ3) is 3.02. The Morgan fingerprint density at radius 1 is 1.40 bits per heavy atom. The predicted octanol–water partition coefficient (Wildman–Crippen LogP) is 3.32. The molecule has 2 N–H and O–H groups in total. The number of benzene rings is 1. The van der Waals surface area contributed by atoms with Crippen molar-refractivity contribution in [2.24, 2.45) is 0 Å². The highest BCUT2D eigenvalue weighted by Crippen LogP contribution is 2.29. The maximum absolute atomic E-state index is 12.2. The van der Waals surface area contributed by atoms with E-state index in [4.69, 9.17) is 5.11 Å². The van der Waals surface area contributed by atoms with E-state index in [9.17, 15) is 13.2 Å². The number of carbonyl (C=O) groups is 1. The highest BCUT2D eigenvalue weighted by Gasteiger charge is 2.20. The van der Waals surface area contributed by atoms with Crippen LogP contribution in [0.3, 0.4) is 0 Å². The van der Waals surface area contributed by atoms with Gasteiger partial charge in [-0.3, -0.25) is 4.72 Å². The molecule has 0 fully saturated rings. The molecule has 0 atom stereocenters. The van der Waals surface area contributed by atoms with Crippen LogP contribution < -0.4 is 4.72 Å². The van der Waals surface area contributed by atoms with Gasteiger partial charge in [0.1, 0.15) is 4.21 Å². The Morgan fingerprint density at radius 3 is 2.70 bits per heavy atom. The number of hydrogen-bond donors (Lipinski definition) is 2. The van der Waals surface area contributed by atoms with E-state index in [1.807, 2.05) is 13.0 Å². The summed E-state index contributed by atoms with van der Waals surface area (Å²) in [6.07, 6.45) is 0. The Balaban J connectivity index is 2.35. The normalized spacial score (nSPS) is 11.3. The monoisotopic (exact) mass is 375 g/mol. The van der Waals surface area contributed by atoms with Crippen LogP contribution in [0.25, 0.3) is 0 Å². The average Bonchev–Trinajstić information content (AvgIpc) is 2.85. The molecule has 1 aromatic heterocycles. The van der Waals surface area contributed by atoms with Gasteiger partial charge in [0.25, 0.3) is 10.0 Å². The quantitative estimate of drug-likeness (QED) is 0.858. The summed E-state index contributed by atoms with van der Waals surface area (Å²) < 4.78 is 27.4. The molecule has 2 rings (SSSR count). The topological polar surface area (TPSA) is 83.5 Å². The van der Waals surface area contributed by atoms with Gasteiger partial charge in [0.15, 0.2) is 0 Å². The van der Waals surface area contributed by atoms with Crippen molar-refractivity contribution in [2.45, 2.75) is 11.1 Å². The fraction of sp³-hybridized carbons (Fsp3) is 0.0833. The standard InChI is InChI=1S/C12H10BrNO4S2/c1-7-3-2-4-9(11(7)13)14-20(17,18)10-5-8(6-19-10)12(15)16/h2-6,14H,1H3,(H,15,16). The van der Waals surface area contributed by atoms with Crippen molar-refractivity contribution in [3.8, 4) is 0 Å². The van der Waals surface area contributed by atoms with Crippen LogP contribution in [-0.2, 0) is 10.0 Å². The van der Waals surface area contributed by atoms with Gasteiger partial charge in [-0.15, -0.1) is 11.3 Å². The van der Waals surface area contributed by atoms with Crippen LogP contribution >= 0.6 is 27.3 Å². The molecule has 0 aliphatic heterocycles. The third-order valence-corrected chi connectivity index (χ3v) is 6.38. The van der Waals surface area contributed by atoms with E-state index >= 15 is 0 Å². The number of hydrogen-bond acceptors (Lipinski definition) is 4. The lowest BCUT2D eigenvalue weighted by atomic mass is 10.2. The van der Waals surface area contributed by atoms with E-state index in [2.05, 4.69) is 20.7 Å². The Labute approximate surface area is 128 Å². The fourth-order valence-electron chi connectivity index (χ4n) is 1.49. The van der Waals surface area contributed by atoms with Crippen molar-refractivity contribution < 1.29 is 18.3 Å². The summed E-state index contributed by atoms with van der Waals surface area (Å²) >= 11 is 4.18. The molecule has 5 nitrogen and oxygen atoms in total. The van der Waals surface area contributed by atoms with E-state index in [0.29, 0.717) is 10.2 Å². The van der Waals surface area contributed by atoms with Crippen LogP contribution in [0.4, 0.5) is 5.69 Å². The second-order valence-corrected chi connectivity index (χ2v) is 7.61. The zero-order valence-corrected chi connectivity index (χ0v) is 13.5. The first kappa shape index (κ1) is 15.0. The molecule has 0 aliphatic carbocycles. The maximum Gasteiger partial charge on any atom is 0.336 e. The molecule has 0 unspecified atom stereocenters. The predicted molar refractivity (Wildman–Crippen MR) is 81.0 cm³/mol. The molecule has 1 aromatic carbocycles. The van der Waals surface area contributed by atoms with Crippen molar-refractivity contribution in [3.05, 3.63) is 45.2 Å². The molecule has 0 aliphatic rings. The number of aromatic carboxylic acids is 1. The zero-order chi connectivity index (χ0) is 14.9. The minimum Gasteiger partial charge on any atom is -0.478 e. The van der Waals surface area contributed by atoms with E-state index in [0.717, 1.165) is 23.0 Å². The van der Waals surface area contributed by atoms with Gasteiger partial charge in [-0.05, 0) is 40.5 Å². The van der Waals surface area contributed by atoms with Crippen molar-refractivity contribution in [2.75, 3.05) is 4.72 Å². The van der Waals surface area contributed by atoms with E-state index in [-0.39, 0.29) is 9.77 Å². The van der Waals surface area contributed by atoms with Gasteiger partial charge in [0, 0.05) is 9.85 Å². The van der Waals surface area contributed by atoms with Crippen molar-refractivity contribution in [3.63, 3.8) is 0 Å². The smallest absolute Gasteiger partial charge is 0.336 e. The van der Waals surface area contributed by atoms with Gasteiger partial charge < -0.3 is 5.11 Å². The van der Waals surface area contributed by atoms with E-state index < -0.39 is 16.0 Å². The first-order valence-corrected chi connectivity index (χ1v) is 8.56. The molecular weight excluding hydrogens is 366 g/mol. The number of rotatable bonds is 4. The van der Waals surface area contributed by atoms with Crippen molar-refractivity contribution >= 4 is 48.9 Å². The molecule has 2 aromatic rings. The Kier molecular flexibility index (Phi) is 4.17. The van der Waals surface area contributed by atoms with Gasteiger partial charge >= 0.3 is 5.97 Å². The first-order valence-electron chi connectivity index (χ1n) is 5.41. The minimum atomic E-state index is -3.79. The SMILES string of the molecule is Cc1cccc(NS(=O)(=O)c2cc(C(=O)O)cs2)c1Br. The van der Waals surface area contributed by atoms with Crippen LogP contribution in [0.1, 0.15) is 15.9 Å². The van der Waals surface area contributed by atoms with E-state index in [1.165, 1.54) is 5.38 Å². The largest absolute Gasteiger partial charge is 0.478 e. The molecule has 8 heteroatoms. The number of anilines is 1. The molecule has 0 bridgehead atoms. The van der Waals surface area contributed by atoms with Gasteiger partial charge in [-0.1, -0.05) is 12.1 Å². The van der Waals surface area contributed by atoms with Crippen LogP contribution in [0, 0.1) is 6.92 Å². The highest BCUT2D eigenvalue weighted by molar-refractivity contribution is 9.10. The second-order valence-electron chi connectivity index (χ2n) is 4.00. The van der Waals surface area contributed by atoms with Crippen LogP contribution in [-0.4, -0.2) is 19.5 Å². The number of halogens is 1. The summed E-state index contributed by atoms with van der Waals surface area (Å²) in [7, 11) is -3.79. The molecule has 20 heavy (non-hydrogen) atoms. The maximum atomic E-state index is 12.2. The molecule has 1 heterocycles. The highest BCUT2D eigenvalue weighted by atomic mass is 79.9. The Bertz CT molecular complexity index is 768. The van der Waals surface area contributed by atoms with Crippen molar-refractivity contribution in [1.82, 2.24) is 0 Å². The summed E-state index contributed by atoms with van der Waals surface area (Å²) in [5.74, 6) is -1.15. The lowest BCUT2D eigenvalue weighted by Gasteiger charge is -2.09. The van der Waals surface area contributed by atoms with Crippen LogP contribution in [0.15, 0.2) is 38.3 Å². The number of carboxylic acid groups (broad SMARTS) is 1. The number of carboxylic acids is 1. The van der Waals surface area contributed by atoms with Crippen molar-refractivity contribution in [1.29, 1.82) is 0 Å². The second kappa shape index (κ2) is 5.55. The van der Waals surface area contributed by atoms with E-state index in [1.54, 1.807) is 12.1 Å². The van der Waals surface area contributed by atoms with Gasteiger partial charge in [0.2, 0.25) is 0 Å².